The van der Waals surface area contributed by atoms with E-state index < -0.39 is 10.0 Å². The van der Waals surface area contributed by atoms with Crippen LogP contribution in [0, 0.1) is 24.1 Å². The maximum absolute atomic E-state index is 13.4. The molecule has 1 aliphatic rings. The molecule has 0 bridgehead atoms. The zero-order valence-corrected chi connectivity index (χ0v) is 25.2. The molecule has 1 aliphatic carbocycles. The molecule has 224 valence electrons. The minimum absolute atomic E-state index is 0.0748. The molecule has 4 aromatic rings. The van der Waals surface area contributed by atoms with Gasteiger partial charge in [-0.2, -0.15) is 14.6 Å². The van der Waals surface area contributed by atoms with Gasteiger partial charge in [0, 0.05) is 56.0 Å². The summed E-state index contributed by atoms with van der Waals surface area (Å²) in [6.45, 7) is 2.70. The molecule has 1 fully saturated rings. The topological polar surface area (TPSA) is 128 Å². The molecule has 1 saturated carbocycles. The normalized spacial score (nSPS) is 17.0. The van der Waals surface area contributed by atoms with Crippen molar-refractivity contribution < 1.29 is 12.8 Å². The minimum atomic E-state index is -3.67. The van der Waals surface area contributed by atoms with Crippen LogP contribution in [0.4, 0.5) is 27.5 Å². The van der Waals surface area contributed by atoms with E-state index in [0.717, 1.165) is 36.9 Å². The Bertz CT molecular complexity index is 1710. The molecule has 5 rings (SSSR count). The van der Waals surface area contributed by atoms with Crippen LogP contribution in [-0.2, 0) is 23.6 Å². The van der Waals surface area contributed by atoms with Gasteiger partial charge in [-0.15, -0.1) is 0 Å². The van der Waals surface area contributed by atoms with Crippen LogP contribution >= 0.6 is 0 Å². The van der Waals surface area contributed by atoms with Gasteiger partial charge in [-0.3, -0.25) is 0 Å². The highest BCUT2D eigenvalue weighted by Gasteiger charge is 2.31. The number of nitriles is 1. The lowest BCUT2D eigenvalue weighted by Gasteiger charge is -2.34. The van der Waals surface area contributed by atoms with E-state index in [2.05, 4.69) is 32.0 Å². The fourth-order valence-electron chi connectivity index (χ4n) is 5.32. The predicted octanol–water partition coefficient (Wildman–Crippen LogP) is 5.34. The summed E-state index contributed by atoms with van der Waals surface area (Å²) >= 11 is 0. The Kier molecular flexibility index (Phi) is 9.05. The first-order chi connectivity index (χ1) is 20.6. The van der Waals surface area contributed by atoms with Crippen molar-refractivity contribution >= 4 is 33.2 Å². The van der Waals surface area contributed by atoms with Gasteiger partial charge in [-0.25, -0.2) is 17.8 Å². The first-order valence-electron chi connectivity index (χ1n) is 14.1. The van der Waals surface area contributed by atoms with Crippen LogP contribution in [0.5, 0.6) is 0 Å². The molecule has 0 amide bonds. The number of nitrogens with zero attached hydrogens (tertiary/aromatic N) is 5. The number of halogens is 1. The van der Waals surface area contributed by atoms with Crippen molar-refractivity contribution in [1.29, 1.82) is 5.26 Å². The van der Waals surface area contributed by atoms with E-state index in [-0.39, 0.29) is 16.8 Å². The van der Waals surface area contributed by atoms with Crippen LogP contribution in [0.3, 0.4) is 0 Å². The first kappa shape index (κ1) is 30.2. The van der Waals surface area contributed by atoms with Crippen LogP contribution in [-0.4, -0.2) is 46.4 Å². The maximum Gasteiger partial charge on any atom is 0.243 e. The van der Waals surface area contributed by atoms with Gasteiger partial charge in [0.05, 0.1) is 4.90 Å². The minimum Gasteiger partial charge on any atom is -0.340 e. The molecule has 0 unspecified atom stereocenters. The fraction of sp³-hybridized carbons (Fsp3) is 0.323. The smallest absolute Gasteiger partial charge is 0.243 e. The summed E-state index contributed by atoms with van der Waals surface area (Å²) in [5.74, 6) is 0.537. The molecule has 0 radical (unpaired) electrons. The zero-order valence-electron chi connectivity index (χ0n) is 24.4. The molecule has 2 aromatic heterocycles. The van der Waals surface area contributed by atoms with Gasteiger partial charge in [0.25, 0.3) is 0 Å². The van der Waals surface area contributed by atoms with Crippen molar-refractivity contribution in [3.05, 3.63) is 89.6 Å². The summed E-state index contributed by atoms with van der Waals surface area (Å²) in [5.41, 5.74) is 4.16. The number of hydrogen-bond donors (Lipinski definition) is 3. The number of sulfonamides is 1. The van der Waals surface area contributed by atoms with E-state index in [1.54, 1.807) is 55.7 Å². The Morgan fingerprint density at radius 2 is 1.67 bits per heavy atom. The van der Waals surface area contributed by atoms with E-state index in [1.807, 2.05) is 24.6 Å². The van der Waals surface area contributed by atoms with Gasteiger partial charge in [0.2, 0.25) is 16.0 Å². The Morgan fingerprint density at radius 3 is 2.33 bits per heavy atom. The standard InChI is InChI=1S/C31H35FN8O2S/c1-21-22(18-28(19-33)39(21)2)20-35-24-8-12-27(13-9-24)40(3)43(41,42)29-14-10-26(11-15-29)37-31-34-17-16-30(38-31)36-25-6-4-23(32)5-7-25/h4-7,10-11,14-18,24,27,35H,8-9,12-13,20H2,1-3H3,(H2,34,36,37,38). The number of anilines is 4. The third-order valence-corrected chi connectivity index (χ3v) is 10.0. The fourth-order valence-corrected chi connectivity index (χ4v) is 6.73. The number of rotatable bonds is 10. The average molecular weight is 603 g/mol. The van der Waals surface area contributed by atoms with Crippen molar-refractivity contribution in [2.75, 3.05) is 17.7 Å². The van der Waals surface area contributed by atoms with Gasteiger partial charge >= 0.3 is 0 Å². The molecule has 3 N–H and O–H groups in total. The van der Waals surface area contributed by atoms with Crippen molar-refractivity contribution in [1.82, 2.24) is 24.2 Å². The third-order valence-electron chi connectivity index (χ3n) is 8.11. The molecule has 43 heavy (non-hydrogen) atoms. The van der Waals surface area contributed by atoms with Gasteiger partial charge in [-0.05, 0) is 98.8 Å². The van der Waals surface area contributed by atoms with Crippen LogP contribution < -0.4 is 16.0 Å². The van der Waals surface area contributed by atoms with Gasteiger partial charge in [-0.1, -0.05) is 0 Å². The second-order valence-electron chi connectivity index (χ2n) is 10.8. The van der Waals surface area contributed by atoms with Gasteiger partial charge in [0.1, 0.15) is 23.4 Å². The third kappa shape index (κ3) is 7.02. The summed E-state index contributed by atoms with van der Waals surface area (Å²) in [6, 6.07) is 18.6. The highest BCUT2D eigenvalue weighted by molar-refractivity contribution is 7.89. The summed E-state index contributed by atoms with van der Waals surface area (Å²) in [4.78, 5) is 8.88. The number of benzene rings is 2. The second kappa shape index (κ2) is 12.9. The Hall–Kier alpha value is -4.31. The molecule has 0 spiro atoms. The lowest BCUT2D eigenvalue weighted by atomic mass is 9.91. The van der Waals surface area contributed by atoms with Gasteiger partial charge in [0.15, 0.2) is 0 Å². The van der Waals surface area contributed by atoms with E-state index in [4.69, 9.17) is 0 Å². The monoisotopic (exact) mass is 602 g/mol. The molecule has 0 aliphatic heterocycles. The summed E-state index contributed by atoms with van der Waals surface area (Å²) in [5, 5.41) is 19.1. The summed E-state index contributed by atoms with van der Waals surface area (Å²) in [7, 11) is -0.120. The molecule has 10 nitrogen and oxygen atoms in total. The van der Waals surface area contributed by atoms with Crippen molar-refractivity contribution in [3.63, 3.8) is 0 Å². The van der Waals surface area contributed by atoms with Crippen LogP contribution in [0.15, 0.2) is 71.8 Å². The van der Waals surface area contributed by atoms with E-state index >= 15 is 0 Å². The Morgan fingerprint density at radius 1 is 1.02 bits per heavy atom. The molecule has 2 heterocycles. The predicted molar refractivity (Wildman–Crippen MR) is 164 cm³/mol. The molecular weight excluding hydrogens is 567 g/mol. The summed E-state index contributed by atoms with van der Waals surface area (Å²) in [6.07, 6.45) is 4.87. The lowest BCUT2D eigenvalue weighted by Crippen LogP contribution is -2.43. The Labute approximate surface area is 251 Å². The van der Waals surface area contributed by atoms with E-state index in [9.17, 15) is 18.1 Å². The molecule has 12 heteroatoms. The highest BCUT2D eigenvalue weighted by atomic mass is 32.2. The Balaban J connectivity index is 1.15. The van der Waals surface area contributed by atoms with Crippen molar-refractivity contribution in [2.45, 2.75) is 56.1 Å². The second-order valence-corrected chi connectivity index (χ2v) is 12.8. The lowest BCUT2D eigenvalue weighted by molar-refractivity contribution is 0.248. The number of hydrogen-bond acceptors (Lipinski definition) is 8. The zero-order chi connectivity index (χ0) is 30.6. The first-order valence-corrected chi connectivity index (χ1v) is 15.6. The molecule has 2 aromatic carbocycles. The van der Waals surface area contributed by atoms with Crippen LogP contribution in [0.25, 0.3) is 0 Å². The van der Waals surface area contributed by atoms with Crippen LogP contribution in [0.2, 0.25) is 0 Å². The molecule has 0 saturated heterocycles. The van der Waals surface area contributed by atoms with E-state index in [1.165, 1.54) is 16.4 Å². The van der Waals surface area contributed by atoms with Crippen molar-refractivity contribution in [2.24, 2.45) is 7.05 Å². The average Bonchev–Trinajstić information content (AvgIpc) is 3.29. The highest BCUT2D eigenvalue weighted by Crippen LogP contribution is 2.28. The van der Waals surface area contributed by atoms with E-state index in [0.29, 0.717) is 41.4 Å². The summed E-state index contributed by atoms with van der Waals surface area (Å²) < 4.78 is 43.5. The number of aromatic nitrogens is 3. The van der Waals surface area contributed by atoms with Crippen LogP contribution in [0.1, 0.15) is 42.6 Å². The molecular formula is C31H35FN8O2S. The van der Waals surface area contributed by atoms with Gasteiger partial charge < -0.3 is 20.5 Å². The molecule has 0 atom stereocenters. The van der Waals surface area contributed by atoms with Crippen molar-refractivity contribution in [3.8, 4) is 6.07 Å². The maximum atomic E-state index is 13.4. The SMILES string of the molecule is Cc1c(CNC2CCC(N(C)S(=O)(=O)c3ccc(Nc4nccc(Nc5ccc(F)cc5)n4)cc3)CC2)cc(C#N)n1C. The number of nitrogens with one attached hydrogen (secondary N) is 3. The quantitative estimate of drug-likeness (QED) is 0.222. The largest absolute Gasteiger partial charge is 0.340 e.